The van der Waals surface area contributed by atoms with Crippen LogP contribution in [0.2, 0.25) is 0 Å². The van der Waals surface area contributed by atoms with Crippen molar-refractivity contribution >= 4 is 12.0 Å². The van der Waals surface area contributed by atoms with Crippen LogP contribution in [-0.4, -0.2) is 37.1 Å². The predicted octanol–water partition coefficient (Wildman–Crippen LogP) is 2.03. The highest BCUT2D eigenvalue weighted by molar-refractivity contribution is 5.83. The van der Waals surface area contributed by atoms with E-state index in [0.29, 0.717) is 6.54 Å². The first-order chi connectivity index (χ1) is 9.45. The minimum absolute atomic E-state index is 0.0310. The van der Waals surface area contributed by atoms with Crippen molar-refractivity contribution in [1.29, 1.82) is 0 Å². The molecule has 1 atom stereocenters. The molecule has 0 fully saturated rings. The number of carbonyl (C=O) groups is 2. The summed E-state index contributed by atoms with van der Waals surface area (Å²) in [5.41, 5.74) is 1.03. The fourth-order valence-electron chi connectivity index (χ4n) is 1.80. The molecule has 0 saturated heterocycles. The number of benzene rings is 1. The van der Waals surface area contributed by atoms with Crippen LogP contribution in [0.3, 0.4) is 0 Å². The molecule has 0 aliphatic carbocycles. The van der Waals surface area contributed by atoms with Gasteiger partial charge in [-0.05, 0) is 11.5 Å². The Bertz CT molecular complexity index is 446. The maximum Gasteiger partial charge on any atom is 0.328 e. The van der Waals surface area contributed by atoms with Crippen LogP contribution in [0.25, 0.3) is 0 Å². The second-order valence-electron chi connectivity index (χ2n) is 5.04. The minimum atomic E-state index is -0.634. The highest BCUT2D eigenvalue weighted by Crippen LogP contribution is 2.06. The Labute approximate surface area is 119 Å². The average molecular weight is 278 g/mol. The number of nitrogens with one attached hydrogen (secondary N) is 1. The second kappa shape index (κ2) is 7.53. The summed E-state index contributed by atoms with van der Waals surface area (Å²) >= 11 is 0. The maximum absolute atomic E-state index is 12.1. The van der Waals surface area contributed by atoms with E-state index >= 15 is 0 Å². The Balaban J connectivity index is 2.62. The number of hydrogen-bond donors (Lipinski definition) is 1. The minimum Gasteiger partial charge on any atom is -0.467 e. The Morgan fingerprint density at radius 1 is 1.25 bits per heavy atom. The van der Waals surface area contributed by atoms with Crippen LogP contribution < -0.4 is 5.32 Å². The number of esters is 1. The standard InChI is InChI=1S/C15H22N2O3/c1-11(2)13(14(18)20-4)16-15(19)17(3)10-12-8-6-5-7-9-12/h5-9,11,13H,10H2,1-4H3,(H,16,19). The van der Waals surface area contributed by atoms with Crippen LogP contribution in [0.4, 0.5) is 4.79 Å². The van der Waals surface area contributed by atoms with Crippen LogP contribution in [0, 0.1) is 5.92 Å². The van der Waals surface area contributed by atoms with Gasteiger partial charge in [0.2, 0.25) is 0 Å². The number of nitrogens with zero attached hydrogens (tertiary/aromatic N) is 1. The number of rotatable bonds is 5. The SMILES string of the molecule is COC(=O)C(NC(=O)N(C)Cc1ccccc1)C(C)C. The highest BCUT2D eigenvalue weighted by atomic mass is 16.5. The molecule has 0 saturated carbocycles. The van der Waals surface area contributed by atoms with Crippen molar-refractivity contribution in [3.05, 3.63) is 35.9 Å². The molecule has 0 heterocycles. The summed E-state index contributed by atoms with van der Waals surface area (Å²) < 4.78 is 4.70. The number of carbonyl (C=O) groups excluding carboxylic acids is 2. The molecule has 5 nitrogen and oxygen atoms in total. The van der Waals surface area contributed by atoms with Gasteiger partial charge in [-0.15, -0.1) is 0 Å². The van der Waals surface area contributed by atoms with Crippen molar-refractivity contribution in [2.24, 2.45) is 5.92 Å². The van der Waals surface area contributed by atoms with Gasteiger partial charge in [-0.2, -0.15) is 0 Å². The fraction of sp³-hybridized carbons (Fsp3) is 0.467. The summed E-state index contributed by atoms with van der Waals surface area (Å²) in [7, 11) is 3.01. The molecule has 1 N–H and O–H groups in total. The highest BCUT2D eigenvalue weighted by Gasteiger charge is 2.26. The lowest BCUT2D eigenvalue weighted by Crippen LogP contribution is -2.49. The Hall–Kier alpha value is -2.04. The van der Waals surface area contributed by atoms with Gasteiger partial charge in [0.05, 0.1) is 7.11 Å². The van der Waals surface area contributed by atoms with E-state index in [9.17, 15) is 9.59 Å². The van der Waals surface area contributed by atoms with E-state index in [1.807, 2.05) is 44.2 Å². The van der Waals surface area contributed by atoms with Gasteiger partial charge in [-0.3, -0.25) is 0 Å². The van der Waals surface area contributed by atoms with Gasteiger partial charge in [0, 0.05) is 13.6 Å². The third-order valence-corrected chi connectivity index (χ3v) is 3.01. The van der Waals surface area contributed by atoms with Gasteiger partial charge in [0.15, 0.2) is 0 Å². The van der Waals surface area contributed by atoms with E-state index in [1.54, 1.807) is 7.05 Å². The number of amides is 2. The zero-order chi connectivity index (χ0) is 15.1. The summed E-state index contributed by atoms with van der Waals surface area (Å²) in [4.78, 5) is 25.2. The molecule has 0 aliphatic rings. The number of methoxy groups -OCH3 is 1. The number of hydrogen-bond acceptors (Lipinski definition) is 3. The fourth-order valence-corrected chi connectivity index (χ4v) is 1.80. The summed E-state index contributed by atoms with van der Waals surface area (Å²) in [6.07, 6.45) is 0. The summed E-state index contributed by atoms with van der Waals surface area (Å²) in [5, 5.41) is 2.70. The van der Waals surface area contributed by atoms with E-state index in [-0.39, 0.29) is 11.9 Å². The monoisotopic (exact) mass is 278 g/mol. The lowest BCUT2D eigenvalue weighted by Gasteiger charge is -2.24. The summed E-state index contributed by atoms with van der Waals surface area (Å²) in [6, 6.07) is 8.74. The molecule has 1 rings (SSSR count). The Kier molecular flexibility index (Phi) is 6.03. The first kappa shape index (κ1) is 16.0. The van der Waals surface area contributed by atoms with Gasteiger partial charge in [-0.1, -0.05) is 44.2 Å². The van der Waals surface area contributed by atoms with Crippen molar-refractivity contribution in [3.8, 4) is 0 Å². The van der Waals surface area contributed by atoms with E-state index in [0.717, 1.165) is 5.56 Å². The smallest absolute Gasteiger partial charge is 0.328 e. The van der Waals surface area contributed by atoms with Gasteiger partial charge in [0.1, 0.15) is 6.04 Å². The zero-order valence-electron chi connectivity index (χ0n) is 12.4. The van der Waals surface area contributed by atoms with Crippen LogP contribution in [-0.2, 0) is 16.1 Å². The molecule has 0 radical (unpaired) electrons. The molecule has 0 aliphatic heterocycles. The largest absolute Gasteiger partial charge is 0.467 e. The van der Waals surface area contributed by atoms with Gasteiger partial charge < -0.3 is 15.0 Å². The molecule has 5 heteroatoms. The van der Waals surface area contributed by atoms with E-state index in [4.69, 9.17) is 4.74 Å². The van der Waals surface area contributed by atoms with Crippen molar-refractivity contribution in [2.45, 2.75) is 26.4 Å². The first-order valence-corrected chi connectivity index (χ1v) is 6.59. The Morgan fingerprint density at radius 2 is 1.85 bits per heavy atom. The molecule has 0 spiro atoms. The topological polar surface area (TPSA) is 58.6 Å². The van der Waals surface area contributed by atoms with E-state index in [2.05, 4.69) is 5.32 Å². The number of ether oxygens (including phenoxy) is 1. The maximum atomic E-state index is 12.1. The molecular formula is C15H22N2O3. The van der Waals surface area contributed by atoms with Gasteiger partial charge >= 0.3 is 12.0 Å². The molecular weight excluding hydrogens is 256 g/mol. The molecule has 0 aromatic heterocycles. The van der Waals surface area contributed by atoms with E-state index in [1.165, 1.54) is 12.0 Å². The summed E-state index contributed by atoms with van der Waals surface area (Å²) in [5.74, 6) is -0.460. The van der Waals surface area contributed by atoms with Crippen molar-refractivity contribution in [2.75, 3.05) is 14.2 Å². The molecule has 20 heavy (non-hydrogen) atoms. The van der Waals surface area contributed by atoms with Crippen molar-refractivity contribution in [3.63, 3.8) is 0 Å². The lowest BCUT2D eigenvalue weighted by molar-refractivity contribution is -0.144. The molecule has 0 bridgehead atoms. The second-order valence-corrected chi connectivity index (χ2v) is 5.04. The van der Waals surface area contributed by atoms with Crippen molar-refractivity contribution < 1.29 is 14.3 Å². The van der Waals surface area contributed by atoms with Crippen LogP contribution in [0.15, 0.2) is 30.3 Å². The molecule has 2 amide bonds. The number of urea groups is 1. The molecule has 110 valence electrons. The normalized spacial score (nSPS) is 11.8. The Morgan fingerprint density at radius 3 is 2.35 bits per heavy atom. The lowest BCUT2D eigenvalue weighted by atomic mass is 10.1. The summed E-state index contributed by atoms with van der Waals surface area (Å²) in [6.45, 7) is 4.21. The first-order valence-electron chi connectivity index (χ1n) is 6.59. The predicted molar refractivity (Wildman–Crippen MR) is 77.1 cm³/mol. The van der Waals surface area contributed by atoms with Gasteiger partial charge in [0.25, 0.3) is 0 Å². The van der Waals surface area contributed by atoms with Crippen LogP contribution >= 0.6 is 0 Å². The van der Waals surface area contributed by atoms with Crippen LogP contribution in [0.5, 0.6) is 0 Å². The third-order valence-electron chi connectivity index (χ3n) is 3.01. The molecule has 1 unspecified atom stereocenters. The molecule has 1 aromatic rings. The van der Waals surface area contributed by atoms with Gasteiger partial charge in [-0.25, -0.2) is 9.59 Å². The zero-order valence-corrected chi connectivity index (χ0v) is 12.4. The van der Waals surface area contributed by atoms with E-state index < -0.39 is 12.0 Å². The van der Waals surface area contributed by atoms with Crippen LogP contribution in [0.1, 0.15) is 19.4 Å². The quantitative estimate of drug-likeness (QED) is 0.838. The third kappa shape index (κ3) is 4.57. The average Bonchev–Trinajstić information content (AvgIpc) is 2.44. The van der Waals surface area contributed by atoms with Crippen molar-refractivity contribution in [1.82, 2.24) is 10.2 Å². The molecule has 1 aromatic carbocycles.